The molecule has 0 fully saturated rings. The van der Waals surface area contributed by atoms with E-state index in [1.807, 2.05) is 22.7 Å². The molecule has 0 saturated heterocycles. The van der Waals surface area contributed by atoms with Gasteiger partial charge in [0.05, 0.1) is 21.8 Å². The van der Waals surface area contributed by atoms with Crippen LogP contribution in [0.1, 0.15) is 77.6 Å². The molecule has 2 aliphatic heterocycles. The summed E-state index contributed by atoms with van der Waals surface area (Å²) in [4.78, 5) is 14.8. The van der Waals surface area contributed by atoms with E-state index in [0.29, 0.717) is 25.0 Å². The molecule has 3 aliphatic rings. The first kappa shape index (κ1) is 22.9. The highest BCUT2D eigenvalue weighted by atomic mass is 32.1. The molecule has 5 rings (SSSR count). The third-order valence-corrected chi connectivity index (χ3v) is 9.09. The normalized spacial score (nSPS) is 22.9. The standard InChI is InChI=1S/C27H34N2O2S2/c1-14(2)22-12-30-26(28-22)24-10-20(16(5)32-24)18-8-7-9-19(18)21-11-25(33-17(21)6)27-29-23(13-31-27)15(3)4/h10-11,14-15,22-23H,7-9,12-13H2,1-6H3/t22-,23-/m1/s1. The van der Waals surface area contributed by atoms with Gasteiger partial charge in [0.25, 0.3) is 0 Å². The molecule has 1 aliphatic carbocycles. The van der Waals surface area contributed by atoms with Crippen LogP contribution in [0, 0.1) is 25.7 Å². The van der Waals surface area contributed by atoms with Gasteiger partial charge in [0.1, 0.15) is 13.2 Å². The fourth-order valence-corrected chi connectivity index (χ4v) is 6.84. The first-order chi connectivity index (χ1) is 15.8. The van der Waals surface area contributed by atoms with Gasteiger partial charge in [-0.1, -0.05) is 27.7 Å². The van der Waals surface area contributed by atoms with Crippen molar-refractivity contribution in [3.8, 4) is 0 Å². The quantitative estimate of drug-likeness (QED) is 0.440. The number of aryl methyl sites for hydroxylation is 2. The number of allylic oxidation sites excluding steroid dienone is 2. The smallest absolute Gasteiger partial charge is 0.226 e. The van der Waals surface area contributed by atoms with Crippen molar-refractivity contribution in [3.63, 3.8) is 0 Å². The Bertz CT molecular complexity index is 1060. The Morgan fingerprint density at radius 2 is 1.18 bits per heavy atom. The summed E-state index contributed by atoms with van der Waals surface area (Å²) in [5, 5.41) is 0. The average Bonchev–Trinajstić information content (AvgIpc) is 3.56. The Balaban J connectivity index is 1.47. The monoisotopic (exact) mass is 482 g/mol. The van der Waals surface area contributed by atoms with Crippen molar-refractivity contribution in [2.45, 2.75) is 72.9 Å². The molecule has 0 amide bonds. The summed E-state index contributed by atoms with van der Waals surface area (Å²) in [6.45, 7) is 14.7. The van der Waals surface area contributed by atoms with Crippen molar-refractivity contribution in [2.75, 3.05) is 13.2 Å². The first-order valence-electron chi connectivity index (χ1n) is 12.2. The molecule has 0 aromatic carbocycles. The maximum absolute atomic E-state index is 5.98. The van der Waals surface area contributed by atoms with Crippen LogP contribution in [0.2, 0.25) is 0 Å². The predicted molar refractivity (Wildman–Crippen MR) is 141 cm³/mol. The summed E-state index contributed by atoms with van der Waals surface area (Å²) in [7, 11) is 0. The van der Waals surface area contributed by atoms with Gasteiger partial charge in [-0.15, -0.1) is 22.7 Å². The van der Waals surface area contributed by atoms with E-state index in [-0.39, 0.29) is 12.1 Å². The van der Waals surface area contributed by atoms with Crippen LogP contribution in [0.25, 0.3) is 11.1 Å². The molecule has 0 N–H and O–H groups in total. The van der Waals surface area contributed by atoms with Crippen molar-refractivity contribution < 1.29 is 9.47 Å². The van der Waals surface area contributed by atoms with Crippen LogP contribution in [0.4, 0.5) is 0 Å². The summed E-state index contributed by atoms with van der Waals surface area (Å²) < 4.78 is 12.0. The highest BCUT2D eigenvalue weighted by molar-refractivity contribution is 7.14. The zero-order valence-corrected chi connectivity index (χ0v) is 22.2. The second-order valence-electron chi connectivity index (χ2n) is 10.1. The number of hydrogen-bond acceptors (Lipinski definition) is 6. The van der Waals surface area contributed by atoms with Gasteiger partial charge in [0, 0.05) is 9.75 Å². The highest BCUT2D eigenvalue weighted by Gasteiger charge is 2.29. The lowest BCUT2D eigenvalue weighted by Gasteiger charge is -2.07. The molecule has 2 aromatic rings. The Hall–Kier alpha value is -1.92. The molecule has 33 heavy (non-hydrogen) atoms. The van der Waals surface area contributed by atoms with Crippen molar-refractivity contribution in [1.29, 1.82) is 0 Å². The molecular formula is C27H34N2O2S2. The topological polar surface area (TPSA) is 43.2 Å². The third kappa shape index (κ3) is 4.32. The molecule has 0 unspecified atom stereocenters. The largest absolute Gasteiger partial charge is 0.475 e. The third-order valence-electron chi connectivity index (χ3n) is 7.01. The Kier molecular flexibility index (Phi) is 6.25. The summed E-state index contributed by atoms with van der Waals surface area (Å²) in [5.41, 5.74) is 5.75. The lowest BCUT2D eigenvalue weighted by atomic mass is 9.97. The van der Waals surface area contributed by atoms with Gasteiger partial charge < -0.3 is 9.47 Å². The number of ether oxygens (including phenoxy) is 2. The summed E-state index contributed by atoms with van der Waals surface area (Å²) >= 11 is 3.63. The Morgan fingerprint density at radius 1 is 0.758 bits per heavy atom. The summed E-state index contributed by atoms with van der Waals surface area (Å²) in [6.07, 6.45) is 3.47. The first-order valence-corrected chi connectivity index (χ1v) is 13.8. The lowest BCUT2D eigenvalue weighted by molar-refractivity contribution is 0.292. The second-order valence-corrected chi connectivity index (χ2v) is 12.6. The number of thiophene rings is 2. The zero-order valence-electron chi connectivity index (χ0n) is 20.5. The van der Waals surface area contributed by atoms with Crippen LogP contribution in [-0.4, -0.2) is 37.1 Å². The van der Waals surface area contributed by atoms with Gasteiger partial charge in [-0.3, -0.25) is 0 Å². The van der Waals surface area contributed by atoms with Crippen molar-refractivity contribution >= 4 is 45.6 Å². The average molecular weight is 483 g/mol. The van der Waals surface area contributed by atoms with E-state index in [0.717, 1.165) is 24.6 Å². The number of nitrogens with zero attached hydrogens (tertiary/aromatic N) is 2. The van der Waals surface area contributed by atoms with Crippen LogP contribution in [0.15, 0.2) is 22.1 Å². The van der Waals surface area contributed by atoms with E-state index in [4.69, 9.17) is 19.5 Å². The van der Waals surface area contributed by atoms with E-state index >= 15 is 0 Å². The fourth-order valence-electron chi connectivity index (χ4n) is 4.84. The summed E-state index contributed by atoms with van der Waals surface area (Å²) in [5.74, 6) is 2.68. The van der Waals surface area contributed by atoms with Gasteiger partial charge >= 0.3 is 0 Å². The fraction of sp³-hybridized carbons (Fsp3) is 0.556. The molecule has 0 bridgehead atoms. The van der Waals surface area contributed by atoms with Crippen LogP contribution in [-0.2, 0) is 9.47 Å². The Morgan fingerprint density at radius 3 is 1.55 bits per heavy atom. The van der Waals surface area contributed by atoms with Crippen LogP contribution < -0.4 is 0 Å². The molecule has 0 radical (unpaired) electrons. The molecular weight excluding hydrogens is 448 g/mol. The SMILES string of the molecule is Cc1sc(C2=N[C@@H](C(C)C)CO2)cc1C1=C(c2cc(C3=N[C@@H](C(C)C)CO3)sc2C)CCC1. The molecule has 176 valence electrons. The number of aliphatic imine (C=N–C) groups is 2. The van der Waals surface area contributed by atoms with Gasteiger partial charge in [0.2, 0.25) is 11.8 Å². The van der Waals surface area contributed by atoms with Gasteiger partial charge in [-0.2, -0.15) is 0 Å². The summed E-state index contributed by atoms with van der Waals surface area (Å²) in [6, 6.07) is 5.19. The molecule has 4 heterocycles. The van der Waals surface area contributed by atoms with E-state index < -0.39 is 0 Å². The molecule has 4 nitrogen and oxygen atoms in total. The lowest BCUT2D eigenvalue weighted by Crippen LogP contribution is -2.13. The molecule has 0 spiro atoms. The van der Waals surface area contributed by atoms with Crippen molar-refractivity contribution in [3.05, 3.63) is 42.8 Å². The van der Waals surface area contributed by atoms with Crippen LogP contribution in [0.5, 0.6) is 0 Å². The molecule has 2 aromatic heterocycles. The van der Waals surface area contributed by atoms with Gasteiger partial charge in [0.15, 0.2) is 0 Å². The minimum absolute atomic E-state index is 0.273. The number of hydrogen-bond donors (Lipinski definition) is 0. The van der Waals surface area contributed by atoms with Crippen LogP contribution >= 0.6 is 22.7 Å². The predicted octanol–water partition coefficient (Wildman–Crippen LogP) is 7.12. The molecule has 6 heteroatoms. The Labute approximate surface area is 205 Å². The minimum atomic E-state index is 0.273. The number of rotatable bonds is 6. The zero-order chi connectivity index (χ0) is 23.3. The van der Waals surface area contributed by atoms with E-state index in [2.05, 4.69) is 53.7 Å². The molecule has 2 atom stereocenters. The highest BCUT2D eigenvalue weighted by Crippen LogP contribution is 2.45. The van der Waals surface area contributed by atoms with Crippen molar-refractivity contribution in [1.82, 2.24) is 0 Å². The maximum Gasteiger partial charge on any atom is 0.226 e. The van der Waals surface area contributed by atoms with Gasteiger partial charge in [-0.25, -0.2) is 9.98 Å². The van der Waals surface area contributed by atoms with Crippen LogP contribution in [0.3, 0.4) is 0 Å². The maximum atomic E-state index is 5.98. The van der Waals surface area contributed by atoms with E-state index in [1.54, 1.807) is 0 Å². The van der Waals surface area contributed by atoms with Gasteiger partial charge in [-0.05, 0) is 79.4 Å². The molecule has 0 saturated carbocycles. The van der Waals surface area contributed by atoms with E-state index in [1.165, 1.54) is 48.2 Å². The second kappa shape index (κ2) is 9.03. The van der Waals surface area contributed by atoms with Crippen molar-refractivity contribution in [2.24, 2.45) is 21.8 Å². The van der Waals surface area contributed by atoms with E-state index in [9.17, 15) is 0 Å². The minimum Gasteiger partial charge on any atom is -0.475 e.